The van der Waals surface area contributed by atoms with Crippen LogP contribution >= 0.6 is 11.3 Å². The van der Waals surface area contributed by atoms with Crippen LogP contribution in [0.15, 0.2) is 36.0 Å². The fourth-order valence-corrected chi connectivity index (χ4v) is 2.45. The van der Waals surface area contributed by atoms with E-state index in [4.69, 9.17) is 5.73 Å². The quantitative estimate of drug-likeness (QED) is 0.902. The Hall–Kier alpha value is -1.55. The first-order chi connectivity index (χ1) is 8.16. The summed E-state index contributed by atoms with van der Waals surface area (Å²) in [4.78, 5) is 7.80. The fraction of sp³-hybridized carbons (Fsp3) is 0.308. The van der Waals surface area contributed by atoms with E-state index < -0.39 is 0 Å². The molecule has 0 radical (unpaired) electrons. The highest BCUT2D eigenvalue weighted by molar-refractivity contribution is 7.09. The zero-order chi connectivity index (χ0) is 12.3. The molecular weight excluding hydrogens is 230 g/mol. The van der Waals surface area contributed by atoms with E-state index in [-0.39, 0.29) is 0 Å². The van der Waals surface area contributed by atoms with E-state index in [2.05, 4.69) is 41.2 Å². The SMILES string of the molecule is CC(C)N(Cc1cccs1)c1cncc(N)c1. The molecule has 4 heteroatoms. The summed E-state index contributed by atoms with van der Waals surface area (Å²) in [5.41, 5.74) is 7.57. The zero-order valence-electron chi connectivity index (χ0n) is 10.1. The molecule has 0 aliphatic rings. The monoisotopic (exact) mass is 247 g/mol. The Kier molecular flexibility index (Phi) is 3.64. The van der Waals surface area contributed by atoms with Crippen LogP contribution in [0.2, 0.25) is 0 Å². The van der Waals surface area contributed by atoms with Gasteiger partial charge in [0.2, 0.25) is 0 Å². The maximum Gasteiger partial charge on any atom is 0.0579 e. The van der Waals surface area contributed by atoms with Crippen molar-refractivity contribution in [2.75, 3.05) is 10.6 Å². The molecule has 2 aromatic heterocycles. The smallest absolute Gasteiger partial charge is 0.0579 e. The van der Waals surface area contributed by atoms with Gasteiger partial charge < -0.3 is 10.6 Å². The number of nitrogens with two attached hydrogens (primary N) is 1. The van der Waals surface area contributed by atoms with Crippen molar-refractivity contribution >= 4 is 22.7 Å². The molecule has 0 unspecified atom stereocenters. The molecule has 2 N–H and O–H groups in total. The lowest BCUT2D eigenvalue weighted by atomic mass is 10.2. The van der Waals surface area contributed by atoms with Gasteiger partial charge in [-0.25, -0.2) is 0 Å². The standard InChI is InChI=1S/C13H17N3S/c1-10(2)16(9-13-4-3-5-17-13)12-6-11(14)7-15-8-12/h3-8,10H,9,14H2,1-2H3. The maximum absolute atomic E-state index is 5.78. The molecule has 0 saturated heterocycles. The minimum Gasteiger partial charge on any atom is -0.397 e. The summed E-state index contributed by atoms with van der Waals surface area (Å²) >= 11 is 1.77. The van der Waals surface area contributed by atoms with Crippen LogP contribution < -0.4 is 10.6 Å². The van der Waals surface area contributed by atoms with Crippen LogP contribution in [0.5, 0.6) is 0 Å². The summed E-state index contributed by atoms with van der Waals surface area (Å²) in [7, 11) is 0. The summed E-state index contributed by atoms with van der Waals surface area (Å²) in [6.45, 7) is 5.26. The van der Waals surface area contributed by atoms with Crippen LogP contribution in [-0.4, -0.2) is 11.0 Å². The predicted molar refractivity (Wildman–Crippen MR) is 74.3 cm³/mol. The second-order valence-corrected chi connectivity index (χ2v) is 5.31. The molecule has 0 aliphatic carbocycles. The maximum atomic E-state index is 5.78. The van der Waals surface area contributed by atoms with E-state index in [9.17, 15) is 0 Å². The van der Waals surface area contributed by atoms with Crippen LogP contribution in [0.1, 0.15) is 18.7 Å². The number of hydrogen-bond acceptors (Lipinski definition) is 4. The number of anilines is 2. The summed E-state index contributed by atoms with van der Waals surface area (Å²) < 4.78 is 0. The first kappa shape index (κ1) is 11.9. The van der Waals surface area contributed by atoms with Gasteiger partial charge in [-0.3, -0.25) is 4.98 Å². The highest BCUT2D eigenvalue weighted by Crippen LogP contribution is 2.22. The summed E-state index contributed by atoms with van der Waals surface area (Å²) in [5.74, 6) is 0. The lowest BCUT2D eigenvalue weighted by Gasteiger charge is -2.28. The molecule has 0 saturated carbocycles. The Balaban J connectivity index is 2.23. The zero-order valence-corrected chi connectivity index (χ0v) is 10.9. The van der Waals surface area contributed by atoms with Gasteiger partial charge in [0.1, 0.15) is 0 Å². The van der Waals surface area contributed by atoms with Crippen LogP contribution in [-0.2, 0) is 6.54 Å². The number of aromatic nitrogens is 1. The van der Waals surface area contributed by atoms with Gasteiger partial charge >= 0.3 is 0 Å². The molecule has 2 aromatic rings. The second kappa shape index (κ2) is 5.19. The number of pyridine rings is 1. The predicted octanol–water partition coefficient (Wildman–Crippen LogP) is 3.14. The highest BCUT2D eigenvalue weighted by atomic mass is 32.1. The second-order valence-electron chi connectivity index (χ2n) is 4.28. The van der Waals surface area contributed by atoms with Gasteiger partial charge in [-0.05, 0) is 31.4 Å². The van der Waals surface area contributed by atoms with E-state index >= 15 is 0 Å². The Bertz CT molecular complexity index is 465. The van der Waals surface area contributed by atoms with Gasteiger partial charge in [-0.15, -0.1) is 11.3 Å². The summed E-state index contributed by atoms with van der Waals surface area (Å²) in [5, 5.41) is 2.10. The number of thiophene rings is 1. The van der Waals surface area contributed by atoms with E-state index in [1.165, 1.54) is 4.88 Å². The van der Waals surface area contributed by atoms with E-state index in [1.807, 2.05) is 12.3 Å². The molecule has 3 nitrogen and oxygen atoms in total. The van der Waals surface area contributed by atoms with Crippen molar-refractivity contribution in [1.82, 2.24) is 4.98 Å². The van der Waals surface area contributed by atoms with Crippen LogP contribution in [0.4, 0.5) is 11.4 Å². The molecule has 90 valence electrons. The van der Waals surface area contributed by atoms with Gasteiger partial charge in [-0.1, -0.05) is 6.07 Å². The molecule has 0 spiro atoms. The van der Waals surface area contributed by atoms with Gasteiger partial charge in [0.25, 0.3) is 0 Å². The van der Waals surface area contributed by atoms with Crippen molar-refractivity contribution in [2.24, 2.45) is 0 Å². The molecule has 2 rings (SSSR count). The van der Waals surface area contributed by atoms with Crippen molar-refractivity contribution in [3.05, 3.63) is 40.8 Å². The van der Waals surface area contributed by atoms with Crippen LogP contribution in [0.3, 0.4) is 0 Å². The van der Waals surface area contributed by atoms with E-state index in [0.717, 1.165) is 12.2 Å². The minimum atomic E-state index is 0.417. The number of hydrogen-bond donors (Lipinski definition) is 1. The Morgan fingerprint density at radius 2 is 2.24 bits per heavy atom. The van der Waals surface area contributed by atoms with E-state index in [0.29, 0.717) is 11.7 Å². The van der Waals surface area contributed by atoms with Crippen molar-refractivity contribution < 1.29 is 0 Å². The molecule has 0 amide bonds. The van der Waals surface area contributed by atoms with Crippen molar-refractivity contribution in [3.63, 3.8) is 0 Å². The third-order valence-electron chi connectivity index (χ3n) is 2.61. The summed E-state index contributed by atoms with van der Waals surface area (Å²) in [6, 6.07) is 6.62. The van der Waals surface area contributed by atoms with Crippen molar-refractivity contribution in [2.45, 2.75) is 26.4 Å². The highest BCUT2D eigenvalue weighted by Gasteiger charge is 2.12. The average molecular weight is 247 g/mol. The Labute approximate surface area is 106 Å². The molecule has 0 aromatic carbocycles. The summed E-state index contributed by atoms with van der Waals surface area (Å²) in [6.07, 6.45) is 3.54. The first-order valence-electron chi connectivity index (χ1n) is 5.66. The molecular formula is C13H17N3S. The third-order valence-corrected chi connectivity index (χ3v) is 3.47. The van der Waals surface area contributed by atoms with Gasteiger partial charge in [-0.2, -0.15) is 0 Å². The van der Waals surface area contributed by atoms with Gasteiger partial charge in [0.05, 0.1) is 24.1 Å². The molecule has 17 heavy (non-hydrogen) atoms. The van der Waals surface area contributed by atoms with E-state index in [1.54, 1.807) is 17.5 Å². The normalized spacial score (nSPS) is 10.8. The van der Waals surface area contributed by atoms with Gasteiger partial charge in [0.15, 0.2) is 0 Å². The molecule has 2 heterocycles. The lowest BCUT2D eigenvalue weighted by Crippen LogP contribution is -2.29. The van der Waals surface area contributed by atoms with Gasteiger partial charge in [0, 0.05) is 17.1 Å². The molecule has 0 atom stereocenters. The average Bonchev–Trinajstić information content (AvgIpc) is 2.78. The van der Waals surface area contributed by atoms with Crippen molar-refractivity contribution in [1.29, 1.82) is 0 Å². The van der Waals surface area contributed by atoms with Crippen LogP contribution in [0.25, 0.3) is 0 Å². The third kappa shape index (κ3) is 2.97. The molecule has 0 aliphatic heterocycles. The van der Waals surface area contributed by atoms with Crippen molar-refractivity contribution in [3.8, 4) is 0 Å². The fourth-order valence-electron chi connectivity index (χ4n) is 1.74. The first-order valence-corrected chi connectivity index (χ1v) is 6.54. The molecule has 0 fully saturated rings. The number of nitrogen functional groups attached to an aromatic ring is 1. The lowest BCUT2D eigenvalue weighted by molar-refractivity contribution is 0.686. The minimum absolute atomic E-state index is 0.417. The number of nitrogens with zero attached hydrogens (tertiary/aromatic N) is 2. The molecule has 0 bridgehead atoms. The Morgan fingerprint density at radius 1 is 1.41 bits per heavy atom. The van der Waals surface area contributed by atoms with Crippen LogP contribution in [0, 0.1) is 0 Å². The topological polar surface area (TPSA) is 42.2 Å². The number of rotatable bonds is 4. The largest absolute Gasteiger partial charge is 0.397 e. The Morgan fingerprint density at radius 3 is 2.82 bits per heavy atom.